The zero-order chi connectivity index (χ0) is 33.7. The van der Waals surface area contributed by atoms with E-state index in [-0.39, 0.29) is 0 Å². The van der Waals surface area contributed by atoms with Crippen LogP contribution in [0, 0.1) is 6.92 Å². The summed E-state index contributed by atoms with van der Waals surface area (Å²) in [5.41, 5.74) is 15.2. The number of anilines is 3. The molecule has 0 atom stereocenters. The summed E-state index contributed by atoms with van der Waals surface area (Å²) in [6.45, 7) is 12.0. The number of allylic oxidation sites excluding steroid dienone is 1. The fourth-order valence-electron chi connectivity index (χ4n) is 6.41. The van der Waals surface area contributed by atoms with Crippen LogP contribution in [0.2, 0.25) is 0 Å². The summed E-state index contributed by atoms with van der Waals surface area (Å²) in [5.74, 6) is 0. The highest BCUT2D eigenvalue weighted by Gasteiger charge is 2.15. The summed E-state index contributed by atoms with van der Waals surface area (Å²) in [5, 5.41) is 2.40. The Morgan fingerprint density at radius 3 is 1.37 bits per heavy atom. The van der Waals surface area contributed by atoms with E-state index in [1.165, 1.54) is 55.3 Å². The van der Waals surface area contributed by atoms with Crippen molar-refractivity contribution in [2.24, 2.45) is 0 Å². The molecule has 0 aliphatic carbocycles. The Morgan fingerprint density at radius 1 is 0.429 bits per heavy atom. The number of fused-ring (bicyclic) bond motifs is 1. The van der Waals surface area contributed by atoms with Crippen LogP contribution in [0.3, 0.4) is 0 Å². The molecule has 236 valence electrons. The van der Waals surface area contributed by atoms with Gasteiger partial charge in [-0.3, -0.25) is 0 Å². The largest absolute Gasteiger partial charge is 0.310 e. The number of hydrogen-bond acceptors (Lipinski definition) is 1. The van der Waals surface area contributed by atoms with Crippen LogP contribution in [0.15, 0.2) is 171 Å². The molecule has 0 N–H and O–H groups in total. The highest BCUT2D eigenvalue weighted by Crippen LogP contribution is 2.39. The Bertz CT molecular complexity index is 2290. The fraction of sp³-hybridized carbons (Fsp3) is 0.0417. The molecule has 0 spiro atoms. The Hall–Kier alpha value is -6.18. The molecule has 0 fully saturated rings. The van der Waals surface area contributed by atoms with Gasteiger partial charge < -0.3 is 4.90 Å². The van der Waals surface area contributed by atoms with E-state index < -0.39 is 0 Å². The van der Waals surface area contributed by atoms with E-state index in [1.54, 1.807) is 0 Å². The lowest BCUT2D eigenvalue weighted by Crippen LogP contribution is -2.09. The predicted molar refractivity (Wildman–Crippen MR) is 215 cm³/mol. The standard InChI is InChI=1S/C48H39N/c1-5-8-41-31-42(14-9-34(41)4)40-23-28-47(29-24-40)49(46-26-21-38(22-27-46)37-15-10-35(6-2)11-16-37)48-30-25-44-32-43(19-20-45(44)33-48)39-17-12-36(7-3)13-18-39/h5-33H,2-3H2,1,4H3/b8-5-. The minimum atomic E-state index is 1.10. The predicted octanol–water partition coefficient (Wildman–Crippen LogP) is 13.9. The molecule has 0 aliphatic rings. The van der Waals surface area contributed by atoms with E-state index in [2.05, 4.69) is 196 Å². The summed E-state index contributed by atoms with van der Waals surface area (Å²) in [7, 11) is 0. The van der Waals surface area contributed by atoms with Crippen LogP contribution in [0.5, 0.6) is 0 Å². The van der Waals surface area contributed by atoms with Crippen LogP contribution < -0.4 is 4.90 Å². The monoisotopic (exact) mass is 629 g/mol. The van der Waals surface area contributed by atoms with Crippen molar-refractivity contribution in [3.8, 4) is 33.4 Å². The van der Waals surface area contributed by atoms with E-state index in [1.807, 2.05) is 12.2 Å². The second-order valence-corrected chi connectivity index (χ2v) is 12.4. The molecule has 0 amide bonds. The van der Waals surface area contributed by atoms with Crippen LogP contribution >= 0.6 is 0 Å². The molecule has 7 aromatic rings. The maximum atomic E-state index is 3.89. The summed E-state index contributed by atoms with van der Waals surface area (Å²) in [6.07, 6.45) is 8.02. The first-order valence-electron chi connectivity index (χ1n) is 16.8. The van der Waals surface area contributed by atoms with Crippen molar-refractivity contribution >= 4 is 46.1 Å². The SMILES string of the molecule is C=Cc1ccc(-c2ccc(N(c3ccc(-c4ccc(C)c(/C=C\C)c4)cc3)c3ccc4cc(-c5ccc(C=C)cc5)ccc4c3)cc2)cc1. The summed E-state index contributed by atoms with van der Waals surface area (Å²) >= 11 is 0. The van der Waals surface area contributed by atoms with Gasteiger partial charge in [-0.15, -0.1) is 0 Å². The maximum Gasteiger partial charge on any atom is 0.0468 e. The van der Waals surface area contributed by atoms with Crippen molar-refractivity contribution in [2.45, 2.75) is 13.8 Å². The maximum absolute atomic E-state index is 3.89. The van der Waals surface area contributed by atoms with Gasteiger partial charge in [-0.1, -0.05) is 141 Å². The lowest BCUT2D eigenvalue weighted by molar-refractivity contribution is 1.29. The topological polar surface area (TPSA) is 3.24 Å². The van der Waals surface area contributed by atoms with Crippen LogP contribution in [-0.2, 0) is 0 Å². The van der Waals surface area contributed by atoms with E-state index in [0.29, 0.717) is 0 Å². The smallest absolute Gasteiger partial charge is 0.0468 e. The lowest BCUT2D eigenvalue weighted by Gasteiger charge is -2.26. The van der Waals surface area contributed by atoms with Gasteiger partial charge in [0.1, 0.15) is 0 Å². The fourth-order valence-corrected chi connectivity index (χ4v) is 6.41. The second-order valence-electron chi connectivity index (χ2n) is 12.4. The van der Waals surface area contributed by atoms with E-state index >= 15 is 0 Å². The third-order valence-corrected chi connectivity index (χ3v) is 9.25. The zero-order valence-corrected chi connectivity index (χ0v) is 28.1. The molecule has 0 aliphatic heterocycles. The molecule has 7 rings (SSSR count). The number of rotatable bonds is 9. The molecule has 0 radical (unpaired) electrons. The first-order chi connectivity index (χ1) is 24.0. The van der Waals surface area contributed by atoms with Gasteiger partial charge in [0.15, 0.2) is 0 Å². The molecule has 0 unspecified atom stereocenters. The number of benzene rings is 7. The van der Waals surface area contributed by atoms with Crippen LogP contribution in [-0.4, -0.2) is 0 Å². The third-order valence-electron chi connectivity index (χ3n) is 9.25. The normalized spacial score (nSPS) is 11.1. The average molecular weight is 630 g/mol. The average Bonchev–Trinajstić information content (AvgIpc) is 3.16. The minimum Gasteiger partial charge on any atom is -0.310 e. The Morgan fingerprint density at radius 2 is 0.837 bits per heavy atom. The first-order valence-corrected chi connectivity index (χ1v) is 16.8. The highest BCUT2D eigenvalue weighted by atomic mass is 15.1. The molecular weight excluding hydrogens is 591 g/mol. The summed E-state index contributed by atoms with van der Waals surface area (Å²) < 4.78 is 0. The van der Waals surface area contributed by atoms with E-state index in [0.717, 1.165) is 28.2 Å². The van der Waals surface area contributed by atoms with Crippen molar-refractivity contribution in [1.82, 2.24) is 0 Å². The van der Waals surface area contributed by atoms with Gasteiger partial charge in [0.2, 0.25) is 0 Å². The Balaban J connectivity index is 1.27. The quantitative estimate of drug-likeness (QED) is 0.154. The third kappa shape index (κ3) is 6.66. The van der Waals surface area contributed by atoms with E-state index in [4.69, 9.17) is 0 Å². The van der Waals surface area contributed by atoms with Gasteiger partial charge in [0.25, 0.3) is 0 Å². The zero-order valence-electron chi connectivity index (χ0n) is 28.1. The molecule has 0 saturated heterocycles. The lowest BCUT2D eigenvalue weighted by atomic mass is 9.98. The molecule has 49 heavy (non-hydrogen) atoms. The van der Waals surface area contributed by atoms with Crippen molar-refractivity contribution in [1.29, 1.82) is 0 Å². The van der Waals surface area contributed by atoms with Crippen molar-refractivity contribution in [3.63, 3.8) is 0 Å². The van der Waals surface area contributed by atoms with Crippen LogP contribution in [0.25, 0.3) is 62.4 Å². The van der Waals surface area contributed by atoms with Gasteiger partial charge in [0.05, 0.1) is 0 Å². The molecule has 1 heteroatoms. The van der Waals surface area contributed by atoms with Gasteiger partial charge >= 0.3 is 0 Å². The van der Waals surface area contributed by atoms with Crippen molar-refractivity contribution in [2.75, 3.05) is 4.90 Å². The van der Waals surface area contributed by atoms with E-state index in [9.17, 15) is 0 Å². The minimum absolute atomic E-state index is 1.10. The van der Waals surface area contributed by atoms with Crippen molar-refractivity contribution in [3.05, 3.63) is 193 Å². The summed E-state index contributed by atoms with van der Waals surface area (Å²) in [4.78, 5) is 2.34. The molecule has 0 bridgehead atoms. The Labute approximate surface area is 290 Å². The van der Waals surface area contributed by atoms with Crippen LogP contribution in [0.4, 0.5) is 17.1 Å². The molecule has 0 saturated carbocycles. The molecule has 1 nitrogen and oxygen atoms in total. The number of nitrogens with zero attached hydrogens (tertiary/aromatic N) is 1. The molecule has 0 heterocycles. The Kier molecular flexibility index (Phi) is 8.91. The van der Waals surface area contributed by atoms with Gasteiger partial charge in [-0.25, -0.2) is 0 Å². The van der Waals surface area contributed by atoms with Crippen molar-refractivity contribution < 1.29 is 0 Å². The van der Waals surface area contributed by atoms with Crippen LogP contribution in [0.1, 0.15) is 29.2 Å². The van der Waals surface area contributed by atoms with Gasteiger partial charge in [0, 0.05) is 17.1 Å². The molecular formula is C48H39N. The molecule has 7 aromatic carbocycles. The summed E-state index contributed by atoms with van der Waals surface area (Å²) in [6, 6.07) is 55.0. The highest BCUT2D eigenvalue weighted by molar-refractivity contribution is 5.92. The molecule has 0 aromatic heterocycles. The number of aryl methyl sites for hydroxylation is 1. The van der Waals surface area contributed by atoms with Gasteiger partial charge in [-0.05, 0) is 129 Å². The first kappa shape index (κ1) is 31.4. The second kappa shape index (κ2) is 13.9. The number of hydrogen-bond donors (Lipinski definition) is 0. The van der Waals surface area contributed by atoms with Gasteiger partial charge in [-0.2, -0.15) is 0 Å².